The van der Waals surface area contributed by atoms with Crippen molar-refractivity contribution in [2.75, 3.05) is 6.54 Å². The van der Waals surface area contributed by atoms with Crippen molar-refractivity contribution in [2.45, 2.75) is 38.6 Å². The number of amides is 1. The molecule has 0 bridgehead atoms. The third-order valence-corrected chi connectivity index (χ3v) is 3.53. The van der Waals surface area contributed by atoms with Gasteiger partial charge in [-0.25, -0.2) is 0 Å². The van der Waals surface area contributed by atoms with Crippen molar-refractivity contribution in [2.24, 2.45) is 0 Å². The van der Waals surface area contributed by atoms with Gasteiger partial charge in [-0.3, -0.25) is 9.59 Å². The zero-order valence-corrected chi connectivity index (χ0v) is 11.5. The van der Waals surface area contributed by atoms with Crippen LogP contribution in [0.3, 0.4) is 0 Å². The van der Waals surface area contributed by atoms with Crippen molar-refractivity contribution in [3.05, 3.63) is 35.4 Å². The van der Waals surface area contributed by atoms with Crippen molar-refractivity contribution in [3.8, 4) is 0 Å². The van der Waals surface area contributed by atoms with E-state index in [9.17, 15) is 9.59 Å². The molecule has 102 valence electrons. The van der Waals surface area contributed by atoms with Crippen LogP contribution in [-0.2, 0) is 15.0 Å². The summed E-state index contributed by atoms with van der Waals surface area (Å²) in [6, 6.07) is 8.00. The van der Waals surface area contributed by atoms with Crippen LogP contribution in [0.2, 0.25) is 0 Å². The number of carbonyl (C=O) groups excluding carboxylic acids is 1. The van der Waals surface area contributed by atoms with Gasteiger partial charge in [-0.15, -0.1) is 0 Å². The maximum atomic E-state index is 11.4. The molecule has 0 saturated carbocycles. The highest BCUT2D eigenvalue weighted by Crippen LogP contribution is 2.35. The fourth-order valence-electron chi connectivity index (χ4n) is 2.30. The summed E-state index contributed by atoms with van der Waals surface area (Å²) in [4.78, 5) is 23.6. The summed E-state index contributed by atoms with van der Waals surface area (Å²) in [5.74, 6) is -1.06. The quantitative estimate of drug-likeness (QED) is 0.850. The molecule has 4 heteroatoms. The molecule has 1 aromatic rings. The number of aliphatic carboxylic acids is 1. The third-order valence-electron chi connectivity index (χ3n) is 3.53. The van der Waals surface area contributed by atoms with Crippen LogP contribution in [0, 0.1) is 0 Å². The van der Waals surface area contributed by atoms with Gasteiger partial charge in [0.2, 0.25) is 5.91 Å². The molecule has 1 atom stereocenters. The Kier molecular flexibility index (Phi) is 3.35. The summed E-state index contributed by atoms with van der Waals surface area (Å²) in [6.07, 6.45) is 0.405. The Labute approximate surface area is 113 Å². The fourth-order valence-corrected chi connectivity index (χ4v) is 2.30. The number of hydrogen-bond donors (Lipinski definition) is 1. The average Bonchev–Trinajstić information content (AvgIpc) is 2.32. The molecule has 19 heavy (non-hydrogen) atoms. The first kappa shape index (κ1) is 13.6. The van der Waals surface area contributed by atoms with Crippen LogP contribution in [0.5, 0.6) is 0 Å². The molecular weight excluding hydrogens is 242 g/mol. The molecule has 2 rings (SSSR count). The Morgan fingerprint density at radius 3 is 2.32 bits per heavy atom. The number of benzene rings is 1. The summed E-state index contributed by atoms with van der Waals surface area (Å²) in [6.45, 7) is 6.22. The van der Waals surface area contributed by atoms with Crippen LogP contribution < -0.4 is 0 Å². The molecule has 1 aliphatic rings. The largest absolute Gasteiger partial charge is 0.480 e. The Balaban J connectivity index is 2.15. The van der Waals surface area contributed by atoms with E-state index in [1.165, 1.54) is 10.5 Å². The van der Waals surface area contributed by atoms with Crippen LogP contribution >= 0.6 is 0 Å². The van der Waals surface area contributed by atoms with Gasteiger partial charge in [-0.1, -0.05) is 45.0 Å². The molecule has 1 N–H and O–H groups in total. The van der Waals surface area contributed by atoms with Crippen LogP contribution in [-0.4, -0.2) is 28.4 Å². The molecule has 0 aliphatic carbocycles. The maximum Gasteiger partial charge on any atom is 0.323 e. The smallest absolute Gasteiger partial charge is 0.323 e. The van der Waals surface area contributed by atoms with Gasteiger partial charge in [-0.2, -0.15) is 0 Å². The van der Waals surface area contributed by atoms with Crippen LogP contribution in [0.25, 0.3) is 0 Å². The number of hydrogen-bond acceptors (Lipinski definition) is 2. The van der Waals surface area contributed by atoms with Gasteiger partial charge < -0.3 is 10.0 Å². The minimum Gasteiger partial charge on any atom is -0.480 e. The second-order valence-electron chi connectivity index (χ2n) is 6.01. The van der Waals surface area contributed by atoms with E-state index in [1.807, 2.05) is 12.1 Å². The minimum atomic E-state index is -0.968. The summed E-state index contributed by atoms with van der Waals surface area (Å²) in [5.41, 5.74) is 2.33. The third kappa shape index (κ3) is 2.78. The normalized spacial score (nSPS) is 19.2. The first-order valence-corrected chi connectivity index (χ1v) is 6.41. The van der Waals surface area contributed by atoms with E-state index in [-0.39, 0.29) is 23.9 Å². The van der Waals surface area contributed by atoms with Crippen molar-refractivity contribution in [1.29, 1.82) is 0 Å². The number of carboxylic acids is 1. The Morgan fingerprint density at radius 2 is 1.89 bits per heavy atom. The van der Waals surface area contributed by atoms with Crippen LogP contribution in [0.4, 0.5) is 0 Å². The number of nitrogens with zero attached hydrogens (tertiary/aromatic N) is 1. The highest BCUT2D eigenvalue weighted by Gasteiger charge is 2.38. The molecule has 0 radical (unpaired) electrons. The molecule has 1 amide bonds. The predicted molar refractivity (Wildman–Crippen MR) is 71.8 cm³/mol. The number of likely N-dealkylation sites (tertiary alicyclic amines) is 1. The second kappa shape index (κ2) is 4.68. The summed E-state index contributed by atoms with van der Waals surface area (Å²) < 4.78 is 0. The number of carbonyl (C=O) groups is 2. The highest BCUT2D eigenvalue weighted by atomic mass is 16.4. The molecule has 0 aromatic heterocycles. The summed E-state index contributed by atoms with van der Waals surface area (Å²) in [7, 11) is 0. The van der Waals surface area contributed by atoms with Crippen molar-refractivity contribution >= 4 is 11.9 Å². The van der Waals surface area contributed by atoms with Crippen molar-refractivity contribution in [3.63, 3.8) is 0 Å². The highest BCUT2D eigenvalue weighted by molar-refractivity contribution is 5.87. The van der Waals surface area contributed by atoms with Gasteiger partial charge in [0, 0.05) is 0 Å². The Hall–Kier alpha value is -1.84. The van der Waals surface area contributed by atoms with Crippen LogP contribution in [0.15, 0.2) is 24.3 Å². The molecule has 1 unspecified atom stereocenters. The number of rotatable bonds is 3. The zero-order chi connectivity index (χ0) is 14.2. The lowest BCUT2D eigenvalue weighted by Crippen LogP contribution is -2.48. The van der Waals surface area contributed by atoms with Gasteiger partial charge in [0.1, 0.15) is 6.54 Å². The first-order valence-electron chi connectivity index (χ1n) is 6.41. The SMILES string of the molecule is CC(C)(C)c1ccc(C2CC(=O)N2CC(=O)O)cc1. The lowest BCUT2D eigenvalue weighted by atomic mass is 9.85. The molecule has 1 aromatic carbocycles. The van der Waals surface area contributed by atoms with E-state index in [0.29, 0.717) is 6.42 Å². The maximum absolute atomic E-state index is 11.4. The standard InChI is InChI=1S/C15H19NO3/c1-15(2,3)11-6-4-10(5-7-11)12-8-13(17)16(12)9-14(18)19/h4-7,12H,8-9H2,1-3H3,(H,18,19). The van der Waals surface area contributed by atoms with E-state index in [0.717, 1.165) is 5.56 Å². The van der Waals surface area contributed by atoms with Gasteiger partial charge in [-0.05, 0) is 16.5 Å². The van der Waals surface area contributed by atoms with Crippen molar-refractivity contribution in [1.82, 2.24) is 4.90 Å². The second-order valence-corrected chi connectivity index (χ2v) is 6.01. The van der Waals surface area contributed by atoms with E-state index >= 15 is 0 Å². The van der Waals surface area contributed by atoms with Crippen molar-refractivity contribution < 1.29 is 14.7 Å². The lowest BCUT2D eigenvalue weighted by molar-refractivity contribution is -0.155. The van der Waals surface area contributed by atoms with Gasteiger partial charge >= 0.3 is 5.97 Å². The van der Waals surface area contributed by atoms with Gasteiger partial charge in [0.25, 0.3) is 0 Å². The van der Waals surface area contributed by atoms with E-state index in [2.05, 4.69) is 32.9 Å². The minimum absolute atomic E-state index is 0.0855. The molecule has 1 saturated heterocycles. The molecular formula is C15H19NO3. The van der Waals surface area contributed by atoms with E-state index < -0.39 is 5.97 Å². The number of β-lactam (4-membered cyclic amide) rings is 1. The molecule has 1 aliphatic heterocycles. The summed E-state index contributed by atoms with van der Waals surface area (Å²) >= 11 is 0. The lowest BCUT2D eigenvalue weighted by Gasteiger charge is -2.39. The van der Waals surface area contributed by atoms with E-state index in [4.69, 9.17) is 5.11 Å². The number of carboxylic acid groups (broad SMARTS) is 1. The molecule has 1 heterocycles. The zero-order valence-electron chi connectivity index (χ0n) is 11.5. The van der Waals surface area contributed by atoms with Gasteiger partial charge in [0.15, 0.2) is 0 Å². The summed E-state index contributed by atoms with van der Waals surface area (Å²) in [5, 5.41) is 8.79. The Morgan fingerprint density at radius 1 is 1.32 bits per heavy atom. The van der Waals surface area contributed by atoms with Crippen LogP contribution in [0.1, 0.15) is 44.4 Å². The molecule has 1 fully saturated rings. The fraction of sp³-hybridized carbons (Fsp3) is 0.467. The Bertz CT molecular complexity index is 499. The molecule has 4 nitrogen and oxygen atoms in total. The molecule has 0 spiro atoms. The predicted octanol–water partition coefficient (Wildman–Crippen LogP) is 2.34. The van der Waals surface area contributed by atoms with E-state index in [1.54, 1.807) is 0 Å². The topological polar surface area (TPSA) is 57.6 Å². The monoisotopic (exact) mass is 261 g/mol. The van der Waals surface area contributed by atoms with Gasteiger partial charge in [0.05, 0.1) is 12.5 Å². The first-order chi connectivity index (χ1) is 8.79. The average molecular weight is 261 g/mol.